The molecular weight excluding hydrogens is 396 g/mol. The van der Waals surface area contributed by atoms with Crippen LogP contribution in [-0.2, 0) is 4.79 Å². The fourth-order valence-corrected chi connectivity index (χ4v) is 4.29. The van der Waals surface area contributed by atoms with Gasteiger partial charge in [0.2, 0.25) is 0 Å². The summed E-state index contributed by atoms with van der Waals surface area (Å²) in [5.74, 6) is -0.253. The van der Waals surface area contributed by atoms with E-state index in [-0.39, 0.29) is 11.8 Å². The Morgan fingerprint density at radius 2 is 1.58 bits per heavy atom. The van der Waals surface area contributed by atoms with Gasteiger partial charge in [0.15, 0.2) is 0 Å². The maximum Gasteiger partial charge on any atom is 0.254 e. The predicted molar refractivity (Wildman–Crippen MR) is 115 cm³/mol. The zero-order chi connectivity index (χ0) is 21.8. The van der Waals surface area contributed by atoms with Gasteiger partial charge in [-0.05, 0) is 42.2 Å². The number of hydrazine groups is 1. The van der Waals surface area contributed by atoms with Crippen LogP contribution in [0.25, 0.3) is 11.1 Å². The largest absolute Gasteiger partial charge is 0.380 e. The van der Waals surface area contributed by atoms with E-state index in [0.717, 1.165) is 22.4 Å². The second kappa shape index (κ2) is 7.33. The second-order valence-electron chi connectivity index (χ2n) is 8.56. The molecule has 31 heavy (non-hydrogen) atoms. The van der Waals surface area contributed by atoms with Gasteiger partial charge in [0.1, 0.15) is 11.8 Å². The second-order valence-corrected chi connectivity index (χ2v) is 8.56. The molecule has 2 heterocycles. The van der Waals surface area contributed by atoms with Gasteiger partial charge in [-0.1, -0.05) is 24.3 Å². The first-order chi connectivity index (χ1) is 14.9. The molecule has 1 saturated heterocycles. The number of hydrogen-bond donors (Lipinski definition) is 3. The van der Waals surface area contributed by atoms with E-state index in [1.54, 1.807) is 14.8 Å². The van der Waals surface area contributed by atoms with Gasteiger partial charge in [0.05, 0.1) is 5.69 Å². The number of hydrogen-bond acceptors (Lipinski definition) is 6. The first-order valence-electron chi connectivity index (χ1n) is 10.6. The molecule has 5 rings (SSSR count). The highest BCUT2D eigenvalue weighted by Crippen LogP contribution is 2.37. The number of anilines is 1. The van der Waals surface area contributed by atoms with E-state index < -0.39 is 11.8 Å². The number of carbonyl (C=O) groups excluding carboxylic acids is 2. The van der Waals surface area contributed by atoms with Crippen LogP contribution in [0.4, 0.5) is 5.69 Å². The molecule has 0 aromatic heterocycles. The van der Waals surface area contributed by atoms with E-state index in [1.807, 2.05) is 49.5 Å². The molecule has 1 saturated carbocycles. The third kappa shape index (κ3) is 3.56. The van der Waals surface area contributed by atoms with Gasteiger partial charge in [0.25, 0.3) is 11.8 Å². The van der Waals surface area contributed by atoms with Crippen LogP contribution in [0.5, 0.6) is 0 Å². The van der Waals surface area contributed by atoms with Gasteiger partial charge in [-0.2, -0.15) is 0 Å². The monoisotopic (exact) mass is 422 g/mol. The Bertz CT molecular complexity index is 1030. The maximum absolute atomic E-state index is 12.9. The highest BCUT2D eigenvalue weighted by Gasteiger charge is 2.50. The lowest BCUT2D eigenvalue weighted by Gasteiger charge is -2.35. The third-order valence-electron chi connectivity index (χ3n) is 6.44. The zero-order valence-electron chi connectivity index (χ0n) is 17.4. The Kier molecular flexibility index (Phi) is 4.73. The van der Waals surface area contributed by atoms with Gasteiger partial charge >= 0.3 is 0 Å². The van der Waals surface area contributed by atoms with Crippen LogP contribution in [0.2, 0.25) is 0 Å². The maximum atomic E-state index is 12.9. The highest BCUT2D eigenvalue weighted by molar-refractivity contribution is 5.95. The van der Waals surface area contributed by atoms with Crippen molar-refractivity contribution in [1.29, 1.82) is 0 Å². The number of carbonyl (C=O) groups is 2. The molecule has 8 heteroatoms. The number of benzene rings is 2. The van der Waals surface area contributed by atoms with Crippen LogP contribution < -0.4 is 10.4 Å². The van der Waals surface area contributed by atoms with Crippen molar-refractivity contribution in [3.63, 3.8) is 0 Å². The number of amides is 2. The molecule has 1 atom stereocenters. The van der Waals surface area contributed by atoms with Gasteiger partial charge in [-0.25, -0.2) is 5.43 Å². The van der Waals surface area contributed by atoms with E-state index in [2.05, 4.69) is 5.43 Å². The lowest BCUT2D eigenvalue weighted by atomic mass is 10.0. The smallest absolute Gasteiger partial charge is 0.254 e. The van der Waals surface area contributed by atoms with Crippen molar-refractivity contribution < 1.29 is 19.8 Å². The molecule has 2 aromatic carbocycles. The van der Waals surface area contributed by atoms with E-state index in [1.165, 1.54) is 0 Å². The van der Waals surface area contributed by atoms with Crippen molar-refractivity contribution in [3.8, 4) is 11.1 Å². The Hall–Kier alpha value is -2.94. The van der Waals surface area contributed by atoms with Crippen molar-refractivity contribution in [2.75, 3.05) is 38.2 Å². The Morgan fingerprint density at radius 3 is 2.23 bits per heavy atom. The average Bonchev–Trinajstić information content (AvgIpc) is 3.49. The van der Waals surface area contributed by atoms with Gasteiger partial charge < -0.3 is 25.0 Å². The summed E-state index contributed by atoms with van der Waals surface area (Å²) in [6, 6.07) is 13.4. The molecule has 2 aliphatic heterocycles. The lowest BCUT2D eigenvalue weighted by molar-refractivity contribution is -0.143. The summed E-state index contributed by atoms with van der Waals surface area (Å²) >= 11 is 0. The van der Waals surface area contributed by atoms with Gasteiger partial charge in [-0.15, -0.1) is 0 Å². The minimum atomic E-state index is -1.15. The van der Waals surface area contributed by atoms with E-state index in [9.17, 15) is 19.8 Å². The van der Waals surface area contributed by atoms with E-state index in [0.29, 0.717) is 44.6 Å². The molecule has 2 fully saturated rings. The molecule has 8 nitrogen and oxygen atoms in total. The molecule has 2 amide bonds. The SMILES string of the molecule is CN1NC(O)c2ccc(-c3ccc(C(=O)N4CCN(C(=O)C5(O)CC5)CC4)cc3)cc21. The highest BCUT2D eigenvalue weighted by atomic mass is 16.3. The number of aliphatic hydroxyl groups excluding tert-OH is 1. The summed E-state index contributed by atoms with van der Waals surface area (Å²) in [6.07, 6.45) is 0.376. The Labute approximate surface area is 180 Å². The summed E-state index contributed by atoms with van der Waals surface area (Å²) in [5.41, 5.74) is 6.16. The number of nitrogens with one attached hydrogen (secondary N) is 1. The number of nitrogens with zero attached hydrogens (tertiary/aromatic N) is 3. The Morgan fingerprint density at radius 1 is 0.968 bits per heavy atom. The molecular formula is C23H26N4O4. The Balaban J connectivity index is 1.25. The molecule has 162 valence electrons. The summed E-state index contributed by atoms with van der Waals surface area (Å²) in [6.45, 7) is 1.84. The van der Waals surface area contributed by atoms with Crippen LogP contribution in [-0.4, -0.2) is 70.7 Å². The van der Waals surface area contributed by atoms with Crippen LogP contribution >= 0.6 is 0 Å². The van der Waals surface area contributed by atoms with Crippen molar-refractivity contribution in [2.45, 2.75) is 24.7 Å². The summed E-state index contributed by atoms with van der Waals surface area (Å²) in [7, 11) is 1.86. The topological polar surface area (TPSA) is 96.4 Å². The van der Waals surface area contributed by atoms with Gasteiger partial charge in [0, 0.05) is 44.4 Å². The van der Waals surface area contributed by atoms with Crippen molar-refractivity contribution in [2.24, 2.45) is 0 Å². The zero-order valence-corrected chi connectivity index (χ0v) is 17.4. The number of rotatable bonds is 3. The van der Waals surface area contributed by atoms with Gasteiger partial charge in [-0.3, -0.25) is 9.59 Å². The fourth-order valence-electron chi connectivity index (χ4n) is 4.29. The predicted octanol–water partition coefficient (Wildman–Crippen LogP) is 1.11. The van der Waals surface area contributed by atoms with E-state index >= 15 is 0 Å². The van der Waals surface area contributed by atoms with Crippen LogP contribution in [0.3, 0.4) is 0 Å². The number of aliphatic hydroxyl groups is 2. The molecule has 1 aliphatic carbocycles. The van der Waals surface area contributed by atoms with Crippen LogP contribution in [0, 0.1) is 0 Å². The van der Waals surface area contributed by atoms with Crippen LogP contribution in [0.1, 0.15) is 35.0 Å². The molecule has 2 aromatic rings. The van der Waals surface area contributed by atoms with Crippen LogP contribution in [0.15, 0.2) is 42.5 Å². The normalized spacial score (nSPS) is 21.8. The van der Waals surface area contributed by atoms with Crippen molar-refractivity contribution in [1.82, 2.24) is 15.2 Å². The molecule has 1 unspecified atom stereocenters. The molecule has 0 bridgehead atoms. The molecule has 3 N–H and O–H groups in total. The minimum absolute atomic E-state index is 0.0511. The van der Waals surface area contributed by atoms with Crippen molar-refractivity contribution in [3.05, 3.63) is 53.6 Å². The molecule has 0 radical (unpaired) electrons. The molecule has 3 aliphatic rings. The number of fused-ring (bicyclic) bond motifs is 1. The minimum Gasteiger partial charge on any atom is -0.380 e. The lowest BCUT2D eigenvalue weighted by Crippen LogP contribution is -2.53. The standard InChI is InChI=1S/C23H26N4O4/c1-25-19-14-17(6-7-18(19)20(28)24-25)15-2-4-16(5-3-15)21(29)26-10-12-27(13-11-26)22(30)23(31)8-9-23/h2-7,14,20,24,28,31H,8-13H2,1H3. The average molecular weight is 422 g/mol. The first-order valence-corrected chi connectivity index (χ1v) is 10.6. The summed E-state index contributed by atoms with van der Waals surface area (Å²) < 4.78 is 0. The first kappa shape index (κ1) is 20.0. The van der Waals surface area contributed by atoms with Crippen molar-refractivity contribution >= 4 is 17.5 Å². The number of piperazine rings is 1. The fraction of sp³-hybridized carbons (Fsp3) is 0.391. The van der Waals surface area contributed by atoms with E-state index in [4.69, 9.17) is 0 Å². The summed E-state index contributed by atoms with van der Waals surface area (Å²) in [4.78, 5) is 28.6. The molecule has 0 spiro atoms. The summed E-state index contributed by atoms with van der Waals surface area (Å²) in [5, 5.41) is 21.8. The quantitative estimate of drug-likeness (QED) is 0.686. The third-order valence-corrected chi connectivity index (χ3v) is 6.44.